The summed E-state index contributed by atoms with van der Waals surface area (Å²) in [7, 11) is 0. The largest absolute Gasteiger partial charge is 0.392 e. The Morgan fingerprint density at radius 2 is 2.15 bits per heavy atom. The molecule has 9 heteroatoms. The average molecular weight is 450 g/mol. The van der Waals surface area contributed by atoms with Crippen LogP contribution in [0.1, 0.15) is 55.4 Å². The van der Waals surface area contributed by atoms with Crippen LogP contribution in [0.3, 0.4) is 0 Å². The molecule has 3 aromatic rings. The van der Waals surface area contributed by atoms with Gasteiger partial charge in [0.15, 0.2) is 5.82 Å². The Balaban J connectivity index is 1.38. The molecule has 1 fully saturated rings. The molecule has 0 saturated carbocycles. The maximum atomic E-state index is 14.7. The average Bonchev–Trinajstić information content (AvgIpc) is 3.51. The second-order valence-electron chi connectivity index (χ2n) is 10.1. The van der Waals surface area contributed by atoms with Gasteiger partial charge in [-0.25, -0.2) is 8.91 Å². The van der Waals surface area contributed by atoms with Gasteiger partial charge in [0.1, 0.15) is 17.3 Å². The number of hydrogen-bond donors (Lipinski definition) is 1. The lowest BCUT2D eigenvalue weighted by Gasteiger charge is -2.42. The minimum atomic E-state index is -0.420. The van der Waals surface area contributed by atoms with Gasteiger partial charge < -0.3 is 10.0 Å². The molecule has 1 unspecified atom stereocenters. The molecule has 2 aliphatic heterocycles. The summed E-state index contributed by atoms with van der Waals surface area (Å²) in [5, 5.41) is 28.6. The van der Waals surface area contributed by atoms with Crippen LogP contribution in [0.5, 0.6) is 0 Å². The van der Waals surface area contributed by atoms with Crippen molar-refractivity contribution in [2.24, 2.45) is 0 Å². The molecule has 3 aliphatic rings. The summed E-state index contributed by atoms with van der Waals surface area (Å²) < 4.78 is 18.3. The Hall–Kier alpha value is -2.96. The third-order valence-corrected chi connectivity index (χ3v) is 7.88. The Kier molecular flexibility index (Phi) is 4.55. The van der Waals surface area contributed by atoms with Crippen LogP contribution in [0.4, 0.5) is 10.1 Å². The number of aliphatic hydroxyl groups excluding tert-OH is 1. The van der Waals surface area contributed by atoms with E-state index in [9.17, 15) is 14.8 Å². The fourth-order valence-corrected chi connectivity index (χ4v) is 6.07. The van der Waals surface area contributed by atoms with Crippen LogP contribution in [0, 0.1) is 17.1 Å². The van der Waals surface area contributed by atoms with Crippen LogP contribution in [-0.2, 0) is 19.4 Å². The van der Waals surface area contributed by atoms with E-state index in [-0.39, 0.29) is 17.7 Å². The molecule has 0 amide bonds. The van der Waals surface area contributed by atoms with Gasteiger partial charge in [0.05, 0.1) is 42.0 Å². The molecule has 172 valence electrons. The maximum absolute atomic E-state index is 14.7. The van der Waals surface area contributed by atoms with Crippen molar-refractivity contribution in [1.29, 1.82) is 5.26 Å². The number of hydrogen-bond acceptors (Lipinski definition) is 6. The lowest BCUT2D eigenvalue weighted by molar-refractivity contribution is 0.0929. The molecular weight excluding hydrogens is 421 g/mol. The van der Waals surface area contributed by atoms with Gasteiger partial charge >= 0.3 is 0 Å². The number of rotatable bonds is 2. The van der Waals surface area contributed by atoms with Gasteiger partial charge in [-0.05, 0) is 51.7 Å². The van der Waals surface area contributed by atoms with E-state index in [1.807, 2.05) is 6.07 Å². The number of fused-ring (bicyclic) bond motifs is 4. The minimum absolute atomic E-state index is 0.0135. The monoisotopic (exact) mass is 449 g/mol. The van der Waals surface area contributed by atoms with Crippen LogP contribution in [0.2, 0.25) is 0 Å². The summed E-state index contributed by atoms with van der Waals surface area (Å²) in [5.41, 5.74) is 5.10. The van der Waals surface area contributed by atoms with Gasteiger partial charge in [0, 0.05) is 30.7 Å². The van der Waals surface area contributed by atoms with Crippen molar-refractivity contribution < 1.29 is 9.50 Å². The van der Waals surface area contributed by atoms with Crippen LogP contribution in [0.15, 0.2) is 18.3 Å². The van der Waals surface area contributed by atoms with Crippen LogP contribution in [-0.4, -0.2) is 60.7 Å². The Bertz CT molecular complexity index is 1290. The number of likely N-dealkylation sites (tertiary alicyclic amines) is 1. The predicted molar refractivity (Wildman–Crippen MR) is 120 cm³/mol. The number of nitriles is 1. The highest BCUT2D eigenvalue weighted by Crippen LogP contribution is 2.40. The second-order valence-corrected chi connectivity index (χ2v) is 10.1. The fraction of sp³-hybridized carbons (Fsp3) is 0.542. The number of β-amino-alcohol motifs (C(OH)–C–C–N with tert-alkyl or cyclic N) is 1. The molecule has 0 spiro atoms. The lowest BCUT2D eigenvalue weighted by Crippen LogP contribution is -2.49. The summed E-state index contributed by atoms with van der Waals surface area (Å²) >= 11 is 0. The molecular formula is C24H28FN7O. The SMILES string of the molecule is C[C@@H]1CN(c2ccc(C#N)n3ncc(F)c23)Cc2c3c(nn21)CC[C@@](C)(N1CCC(O)C1)C3. The molecule has 1 saturated heterocycles. The standard InChI is InChI=1S/C24H28FN7O/c1-15-12-29(21-4-3-16(10-26)32-23(21)19(25)11-27-32)14-22-18-9-24(2,30-8-6-17(33)13-30)7-5-20(18)28-31(15)22/h3-4,11,15,17,33H,5-9,12-14H2,1-2H3/t15-,17?,24-/m1/s1. The first kappa shape index (κ1) is 20.6. The zero-order valence-electron chi connectivity index (χ0n) is 19.0. The topological polar surface area (TPSA) is 85.6 Å². The molecule has 8 nitrogen and oxygen atoms in total. The summed E-state index contributed by atoms with van der Waals surface area (Å²) in [5.74, 6) is -0.420. The van der Waals surface area contributed by atoms with E-state index in [0.29, 0.717) is 24.3 Å². The van der Waals surface area contributed by atoms with Gasteiger partial charge in [-0.2, -0.15) is 15.5 Å². The Labute approximate surface area is 191 Å². The molecule has 5 heterocycles. The zero-order chi connectivity index (χ0) is 22.9. The number of aryl methyl sites for hydroxylation is 1. The molecule has 0 bridgehead atoms. The summed E-state index contributed by atoms with van der Waals surface area (Å²) in [4.78, 5) is 4.63. The lowest BCUT2D eigenvalue weighted by atomic mass is 9.79. The first-order valence-corrected chi connectivity index (χ1v) is 11.7. The van der Waals surface area contributed by atoms with E-state index in [1.165, 1.54) is 27.7 Å². The molecule has 1 aliphatic carbocycles. The van der Waals surface area contributed by atoms with E-state index in [4.69, 9.17) is 5.10 Å². The van der Waals surface area contributed by atoms with Crippen LogP contribution in [0.25, 0.3) is 5.52 Å². The summed E-state index contributed by atoms with van der Waals surface area (Å²) in [6.07, 6.45) is 4.67. The number of nitrogens with zero attached hydrogens (tertiary/aromatic N) is 7. The van der Waals surface area contributed by atoms with Gasteiger partial charge in [-0.1, -0.05) is 0 Å². The van der Waals surface area contributed by atoms with E-state index >= 15 is 0 Å². The molecule has 0 radical (unpaired) electrons. The predicted octanol–water partition coefficient (Wildman–Crippen LogP) is 2.44. The first-order chi connectivity index (χ1) is 15.9. The van der Waals surface area contributed by atoms with E-state index in [2.05, 4.69) is 39.5 Å². The number of anilines is 1. The molecule has 6 rings (SSSR count). The zero-order valence-corrected chi connectivity index (χ0v) is 19.0. The number of pyridine rings is 1. The number of halogens is 1. The number of aromatic nitrogens is 4. The molecule has 33 heavy (non-hydrogen) atoms. The Morgan fingerprint density at radius 3 is 2.91 bits per heavy atom. The van der Waals surface area contributed by atoms with E-state index in [1.54, 1.807) is 6.07 Å². The fourth-order valence-electron chi connectivity index (χ4n) is 6.07. The van der Waals surface area contributed by atoms with Crippen molar-refractivity contribution in [3.05, 3.63) is 46.8 Å². The van der Waals surface area contributed by atoms with Gasteiger partial charge in [-0.15, -0.1) is 0 Å². The van der Waals surface area contributed by atoms with Crippen molar-refractivity contribution in [1.82, 2.24) is 24.3 Å². The van der Waals surface area contributed by atoms with Crippen molar-refractivity contribution in [2.45, 2.75) is 63.8 Å². The highest BCUT2D eigenvalue weighted by atomic mass is 19.1. The van der Waals surface area contributed by atoms with E-state index < -0.39 is 5.82 Å². The summed E-state index contributed by atoms with van der Waals surface area (Å²) in [6.45, 7) is 7.47. The minimum Gasteiger partial charge on any atom is -0.392 e. The smallest absolute Gasteiger partial charge is 0.171 e. The quantitative estimate of drug-likeness (QED) is 0.647. The van der Waals surface area contributed by atoms with Crippen molar-refractivity contribution in [3.8, 4) is 6.07 Å². The van der Waals surface area contributed by atoms with Gasteiger partial charge in [0.25, 0.3) is 0 Å². The van der Waals surface area contributed by atoms with Crippen LogP contribution >= 0.6 is 0 Å². The third kappa shape index (κ3) is 3.08. The van der Waals surface area contributed by atoms with Crippen molar-refractivity contribution in [3.63, 3.8) is 0 Å². The first-order valence-electron chi connectivity index (χ1n) is 11.7. The van der Waals surface area contributed by atoms with Gasteiger partial charge in [0.2, 0.25) is 0 Å². The highest BCUT2D eigenvalue weighted by molar-refractivity contribution is 5.75. The normalized spacial score (nSPS) is 27.5. The maximum Gasteiger partial charge on any atom is 0.171 e. The molecule has 0 aromatic carbocycles. The summed E-state index contributed by atoms with van der Waals surface area (Å²) in [6, 6.07) is 5.77. The van der Waals surface area contributed by atoms with Crippen molar-refractivity contribution in [2.75, 3.05) is 24.5 Å². The van der Waals surface area contributed by atoms with Crippen molar-refractivity contribution >= 4 is 11.2 Å². The van der Waals surface area contributed by atoms with Gasteiger partial charge in [-0.3, -0.25) is 9.58 Å². The van der Waals surface area contributed by atoms with Crippen LogP contribution < -0.4 is 4.90 Å². The van der Waals surface area contributed by atoms with E-state index in [0.717, 1.165) is 44.5 Å². The Morgan fingerprint density at radius 1 is 1.30 bits per heavy atom. The second kappa shape index (κ2) is 7.27. The number of aliphatic hydroxyl groups is 1. The highest BCUT2D eigenvalue weighted by Gasteiger charge is 2.42. The molecule has 1 N–H and O–H groups in total. The molecule has 3 atom stereocenters. The molecule has 3 aromatic heterocycles. The third-order valence-electron chi connectivity index (χ3n) is 7.88.